The average Bonchev–Trinajstić information content (AvgIpc) is 2.61. The highest BCUT2D eigenvalue weighted by atomic mass is 19.1. The summed E-state index contributed by atoms with van der Waals surface area (Å²) in [6.45, 7) is 0. The first-order valence-corrected chi connectivity index (χ1v) is 7.31. The van der Waals surface area contributed by atoms with Crippen LogP contribution in [0.15, 0.2) is 60.8 Å². The number of nitro benzene ring substituents is 1. The van der Waals surface area contributed by atoms with E-state index in [0.29, 0.717) is 15.9 Å². The SMILES string of the molecule is O=[N+]([O-])c1cccc(-c2nccc(/C=C/c3cccc(F)c3)[n+]2[O-])c1. The number of rotatable bonds is 4. The third kappa shape index (κ3) is 3.66. The molecule has 7 heteroatoms. The van der Waals surface area contributed by atoms with Gasteiger partial charge in [-0.25, -0.2) is 9.12 Å². The summed E-state index contributed by atoms with van der Waals surface area (Å²) in [6.07, 6.45) is 4.57. The maximum absolute atomic E-state index is 13.2. The first kappa shape index (κ1) is 16.3. The van der Waals surface area contributed by atoms with Crippen LogP contribution in [0.2, 0.25) is 0 Å². The fourth-order valence-corrected chi connectivity index (χ4v) is 2.29. The topological polar surface area (TPSA) is 83.0 Å². The van der Waals surface area contributed by atoms with Gasteiger partial charge in [-0.2, -0.15) is 0 Å². The van der Waals surface area contributed by atoms with Gasteiger partial charge < -0.3 is 5.21 Å². The lowest BCUT2D eigenvalue weighted by atomic mass is 10.1. The summed E-state index contributed by atoms with van der Waals surface area (Å²) in [6, 6.07) is 13.1. The first-order chi connectivity index (χ1) is 12.0. The Labute approximate surface area is 142 Å². The molecule has 0 amide bonds. The van der Waals surface area contributed by atoms with E-state index in [-0.39, 0.29) is 23.0 Å². The quantitative estimate of drug-likeness (QED) is 0.315. The molecule has 6 nitrogen and oxygen atoms in total. The highest BCUT2D eigenvalue weighted by Gasteiger charge is 2.16. The molecule has 0 atom stereocenters. The van der Waals surface area contributed by atoms with E-state index in [1.165, 1.54) is 48.7 Å². The average molecular weight is 337 g/mol. The van der Waals surface area contributed by atoms with Gasteiger partial charge in [0, 0.05) is 18.2 Å². The molecule has 0 aliphatic heterocycles. The summed E-state index contributed by atoms with van der Waals surface area (Å²) in [4.78, 5) is 14.4. The first-order valence-electron chi connectivity index (χ1n) is 7.31. The molecule has 0 radical (unpaired) electrons. The minimum absolute atomic E-state index is 0.0464. The van der Waals surface area contributed by atoms with Crippen LogP contribution in [0.25, 0.3) is 23.5 Å². The molecule has 2 aromatic carbocycles. The summed E-state index contributed by atoms with van der Waals surface area (Å²) in [5.41, 5.74) is 1.10. The molecule has 0 aliphatic rings. The molecule has 0 saturated carbocycles. The van der Waals surface area contributed by atoms with E-state index >= 15 is 0 Å². The normalized spacial score (nSPS) is 10.9. The number of halogens is 1. The Morgan fingerprint density at radius 3 is 2.64 bits per heavy atom. The zero-order valence-corrected chi connectivity index (χ0v) is 12.9. The van der Waals surface area contributed by atoms with Crippen molar-refractivity contribution in [3.05, 3.63) is 93.2 Å². The minimum Gasteiger partial charge on any atom is -0.710 e. The molecule has 3 rings (SSSR count). The number of nitro groups is 1. The summed E-state index contributed by atoms with van der Waals surface area (Å²) in [7, 11) is 0. The Balaban J connectivity index is 1.98. The third-order valence-electron chi connectivity index (χ3n) is 3.48. The van der Waals surface area contributed by atoms with Crippen LogP contribution in [0.3, 0.4) is 0 Å². The molecule has 25 heavy (non-hydrogen) atoms. The summed E-state index contributed by atoms with van der Waals surface area (Å²) in [5, 5.41) is 23.4. The molecule has 3 aromatic rings. The smallest absolute Gasteiger partial charge is 0.333 e. The van der Waals surface area contributed by atoms with Gasteiger partial charge in [-0.15, -0.1) is 0 Å². The molecule has 1 aromatic heterocycles. The Morgan fingerprint density at radius 2 is 1.88 bits per heavy atom. The maximum atomic E-state index is 13.2. The second-order valence-electron chi connectivity index (χ2n) is 5.18. The molecule has 0 N–H and O–H groups in total. The van der Waals surface area contributed by atoms with Crippen molar-refractivity contribution in [3.8, 4) is 11.4 Å². The van der Waals surface area contributed by atoms with Gasteiger partial charge in [0.25, 0.3) is 5.69 Å². The monoisotopic (exact) mass is 337 g/mol. The van der Waals surface area contributed by atoms with E-state index in [2.05, 4.69) is 4.98 Å². The van der Waals surface area contributed by atoms with Crippen molar-refractivity contribution in [2.24, 2.45) is 0 Å². The van der Waals surface area contributed by atoms with Gasteiger partial charge in [-0.3, -0.25) is 10.1 Å². The van der Waals surface area contributed by atoms with Gasteiger partial charge in [-0.1, -0.05) is 24.3 Å². The third-order valence-corrected chi connectivity index (χ3v) is 3.48. The molecular formula is C18H12FN3O3. The van der Waals surface area contributed by atoms with Crippen molar-refractivity contribution < 1.29 is 14.0 Å². The molecular weight excluding hydrogens is 325 g/mol. The number of hydrogen-bond donors (Lipinski definition) is 0. The molecule has 1 heterocycles. The second-order valence-corrected chi connectivity index (χ2v) is 5.18. The van der Waals surface area contributed by atoms with Crippen LogP contribution in [-0.2, 0) is 0 Å². The van der Waals surface area contributed by atoms with Crippen LogP contribution in [-0.4, -0.2) is 9.91 Å². The Bertz CT molecular complexity index is 973. The second kappa shape index (κ2) is 6.88. The summed E-state index contributed by atoms with van der Waals surface area (Å²) in [5.74, 6) is -0.325. The number of hydrogen-bond acceptors (Lipinski definition) is 4. The van der Waals surface area contributed by atoms with Crippen LogP contribution in [0.4, 0.5) is 10.1 Å². The Hall–Kier alpha value is -3.61. The zero-order chi connectivity index (χ0) is 17.8. The van der Waals surface area contributed by atoms with Crippen LogP contribution in [0, 0.1) is 21.1 Å². The zero-order valence-electron chi connectivity index (χ0n) is 12.9. The van der Waals surface area contributed by atoms with Gasteiger partial charge in [0.05, 0.1) is 10.5 Å². The lowest BCUT2D eigenvalue weighted by Crippen LogP contribution is -2.33. The number of benzene rings is 2. The van der Waals surface area contributed by atoms with Crippen LogP contribution in [0.5, 0.6) is 0 Å². The fraction of sp³-hybridized carbons (Fsp3) is 0. The number of nitrogens with zero attached hydrogens (tertiary/aromatic N) is 3. The molecule has 0 spiro atoms. The minimum atomic E-state index is -0.535. The predicted octanol–water partition coefficient (Wildman–Crippen LogP) is 3.60. The lowest BCUT2D eigenvalue weighted by Gasteiger charge is -2.09. The van der Waals surface area contributed by atoms with Crippen LogP contribution in [0.1, 0.15) is 11.3 Å². The van der Waals surface area contributed by atoms with E-state index in [4.69, 9.17) is 0 Å². The number of aromatic nitrogens is 2. The molecule has 0 aliphatic carbocycles. The largest absolute Gasteiger partial charge is 0.710 e. The van der Waals surface area contributed by atoms with E-state index in [9.17, 15) is 19.7 Å². The van der Waals surface area contributed by atoms with Gasteiger partial charge in [0.15, 0.2) is 0 Å². The van der Waals surface area contributed by atoms with Crippen molar-refractivity contribution in [2.75, 3.05) is 0 Å². The fourth-order valence-electron chi connectivity index (χ4n) is 2.29. The highest BCUT2D eigenvalue weighted by molar-refractivity contribution is 5.67. The highest BCUT2D eigenvalue weighted by Crippen LogP contribution is 2.20. The number of non-ortho nitro benzene ring substituents is 1. The predicted molar refractivity (Wildman–Crippen MR) is 90.6 cm³/mol. The van der Waals surface area contributed by atoms with E-state index in [0.717, 1.165) is 0 Å². The van der Waals surface area contributed by atoms with Gasteiger partial charge in [0.1, 0.15) is 17.7 Å². The van der Waals surface area contributed by atoms with Crippen molar-refractivity contribution >= 4 is 17.8 Å². The van der Waals surface area contributed by atoms with E-state index in [1.54, 1.807) is 24.3 Å². The summed E-state index contributed by atoms with van der Waals surface area (Å²) >= 11 is 0. The maximum Gasteiger partial charge on any atom is 0.333 e. The molecule has 0 fully saturated rings. The van der Waals surface area contributed by atoms with Gasteiger partial charge >= 0.3 is 5.82 Å². The van der Waals surface area contributed by atoms with Crippen LogP contribution < -0.4 is 4.73 Å². The Morgan fingerprint density at radius 1 is 1.08 bits per heavy atom. The molecule has 0 bridgehead atoms. The van der Waals surface area contributed by atoms with Crippen molar-refractivity contribution in [1.82, 2.24) is 4.98 Å². The summed E-state index contributed by atoms with van der Waals surface area (Å²) < 4.78 is 13.8. The van der Waals surface area contributed by atoms with Crippen molar-refractivity contribution in [1.29, 1.82) is 0 Å². The van der Waals surface area contributed by atoms with Crippen molar-refractivity contribution in [3.63, 3.8) is 0 Å². The van der Waals surface area contributed by atoms with E-state index in [1.807, 2.05) is 0 Å². The van der Waals surface area contributed by atoms with Gasteiger partial charge in [-0.05, 0) is 34.8 Å². The van der Waals surface area contributed by atoms with Crippen LogP contribution >= 0.6 is 0 Å². The molecule has 124 valence electrons. The van der Waals surface area contributed by atoms with E-state index < -0.39 is 4.92 Å². The van der Waals surface area contributed by atoms with Gasteiger partial charge in [0.2, 0.25) is 0 Å². The standard InChI is InChI=1S/C18H12FN3O3/c19-15-5-1-3-13(11-15)7-8-16-9-10-20-18(21(16)23)14-4-2-6-17(12-14)22(24)25/h1-12H/b8-7+. The molecule has 0 saturated heterocycles. The lowest BCUT2D eigenvalue weighted by molar-refractivity contribution is -0.598. The molecule has 0 unspecified atom stereocenters. The van der Waals surface area contributed by atoms with Crippen molar-refractivity contribution in [2.45, 2.75) is 0 Å². The Kier molecular flexibility index (Phi) is 4.47.